The van der Waals surface area contributed by atoms with Crippen molar-refractivity contribution in [3.05, 3.63) is 29.5 Å². The summed E-state index contributed by atoms with van der Waals surface area (Å²) >= 11 is 6.17. The minimum Gasteiger partial charge on any atom is -0.399 e. The largest absolute Gasteiger partial charge is 0.399 e. The van der Waals surface area contributed by atoms with E-state index >= 15 is 0 Å². The molecular weight excluding hydrogens is 236 g/mol. The lowest BCUT2D eigenvalue weighted by Gasteiger charge is -2.10. The van der Waals surface area contributed by atoms with E-state index in [4.69, 9.17) is 17.3 Å². The van der Waals surface area contributed by atoms with Crippen LogP contribution in [0, 0.1) is 5.92 Å². The molecule has 2 rings (SSSR count). The van der Waals surface area contributed by atoms with Gasteiger partial charge in [0.1, 0.15) is 6.33 Å². The lowest BCUT2D eigenvalue weighted by molar-refractivity contribution is 0.525. The smallest absolute Gasteiger partial charge is 0.165 e. The topological polar surface area (TPSA) is 56.7 Å². The molecule has 5 heteroatoms. The Morgan fingerprint density at radius 1 is 1.41 bits per heavy atom. The Labute approximate surface area is 105 Å². The first kappa shape index (κ1) is 11.9. The minimum atomic E-state index is 0.525. The van der Waals surface area contributed by atoms with Crippen molar-refractivity contribution in [3.63, 3.8) is 0 Å². The summed E-state index contributed by atoms with van der Waals surface area (Å²) in [5, 5.41) is 8.66. The van der Waals surface area contributed by atoms with Gasteiger partial charge in [0.05, 0.1) is 5.02 Å². The normalized spacial score (nSPS) is 11.1. The van der Waals surface area contributed by atoms with E-state index in [1.165, 1.54) is 0 Å². The number of nitrogens with two attached hydrogens (primary N) is 1. The molecular formula is C12H15ClN4. The quantitative estimate of drug-likeness (QED) is 0.853. The number of halogens is 1. The van der Waals surface area contributed by atoms with Crippen molar-refractivity contribution in [3.8, 4) is 11.4 Å². The maximum Gasteiger partial charge on any atom is 0.165 e. The molecule has 17 heavy (non-hydrogen) atoms. The van der Waals surface area contributed by atoms with Gasteiger partial charge in [-0.2, -0.15) is 0 Å². The van der Waals surface area contributed by atoms with Crippen LogP contribution in [0.1, 0.15) is 13.8 Å². The monoisotopic (exact) mass is 250 g/mol. The Hall–Kier alpha value is -1.55. The molecule has 0 spiro atoms. The van der Waals surface area contributed by atoms with Crippen LogP contribution in [0.15, 0.2) is 24.5 Å². The van der Waals surface area contributed by atoms with E-state index in [0.29, 0.717) is 16.6 Å². The zero-order valence-electron chi connectivity index (χ0n) is 9.89. The van der Waals surface area contributed by atoms with Crippen LogP contribution in [0.3, 0.4) is 0 Å². The highest BCUT2D eigenvalue weighted by molar-refractivity contribution is 6.33. The van der Waals surface area contributed by atoms with E-state index in [0.717, 1.165) is 17.9 Å². The van der Waals surface area contributed by atoms with Crippen molar-refractivity contribution in [2.45, 2.75) is 20.4 Å². The van der Waals surface area contributed by atoms with Crippen LogP contribution in [0.2, 0.25) is 5.02 Å². The molecule has 4 nitrogen and oxygen atoms in total. The van der Waals surface area contributed by atoms with Gasteiger partial charge in [-0.15, -0.1) is 10.2 Å². The highest BCUT2D eigenvalue weighted by Gasteiger charge is 2.11. The Morgan fingerprint density at radius 2 is 2.18 bits per heavy atom. The number of nitrogens with zero attached hydrogens (tertiary/aromatic N) is 3. The molecule has 0 saturated carbocycles. The third kappa shape index (κ3) is 2.58. The Morgan fingerprint density at radius 3 is 2.82 bits per heavy atom. The predicted molar refractivity (Wildman–Crippen MR) is 69.7 cm³/mol. The summed E-state index contributed by atoms with van der Waals surface area (Å²) in [7, 11) is 0. The average molecular weight is 251 g/mol. The lowest BCUT2D eigenvalue weighted by atomic mass is 10.1. The van der Waals surface area contributed by atoms with Crippen LogP contribution in [0.4, 0.5) is 5.69 Å². The van der Waals surface area contributed by atoms with Gasteiger partial charge < -0.3 is 10.3 Å². The van der Waals surface area contributed by atoms with E-state index < -0.39 is 0 Å². The molecule has 0 amide bonds. The summed E-state index contributed by atoms with van der Waals surface area (Å²) in [4.78, 5) is 0. The van der Waals surface area contributed by atoms with Crippen molar-refractivity contribution < 1.29 is 0 Å². The standard InChI is InChI=1S/C12H15ClN4/c1-8(2)6-17-7-15-16-12(17)10-4-3-9(14)5-11(10)13/h3-5,7-8H,6,14H2,1-2H3. The maximum atomic E-state index is 6.17. The summed E-state index contributed by atoms with van der Waals surface area (Å²) in [5.74, 6) is 1.31. The summed E-state index contributed by atoms with van der Waals surface area (Å²) in [6.45, 7) is 5.16. The summed E-state index contributed by atoms with van der Waals surface area (Å²) < 4.78 is 2.00. The average Bonchev–Trinajstić information content (AvgIpc) is 2.65. The number of nitrogen functional groups attached to an aromatic ring is 1. The van der Waals surface area contributed by atoms with Gasteiger partial charge in [-0.05, 0) is 24.1 Å². The molecule has 0 atom stereocenters. The number of benzene rings is 1. The number of hydrogen-bond acceptors (Lipinski definition) is 3. The summed E-state index contributed by atoms with van der Waals surface area (Å²) in [6.07, 6.45) is 1.72. The highest BCUT2D eigenvalue weighted by Crippen LogP contribution is 2.28. The van der Waals surface area contributed by atoms with E-state index in [9.17, 15) is 0 Å². The first-order valence-corrected chi connectivity index (χ1v) is 5.89. The molecule has 0 aliphatic heterocycles. The number of anilines is 1. The Balaban J connectivity index is 2.42. The van der Waals surface area contributed by atoms with Crippen LogP contribution in [-0.4, -0.2) is 14.8 Å². The SMILES string of the molecule is CC(C)Cn1cnnc1-c1ccc(N)cc1Cl. The molecule has 0 saturated heterocycles. The van der Waals surface area contributed by atoms with Crippen molar-refractivity contribution in [2.24, 2.45) is 5.92 Å². The minimum absolute atomic E-state index is 0.525. The molecule has 0 radical (unpaired) electrons. The molecule has 0 unspecified atom stereocenters. The first-order chi connectivity index (χ1) is 8.08. The van der Waals surface area contributed by atoms with Gasteiger partial charge in [0.2, 0.25) is 0 Å². The van der Waals surface area contributed by atoms with Crippen molar-refractivity contribution in [1.29, 1.82) is 0 Å². The van der Waals surface area contributed by atoms with Gasteiger partial charge in [-0.25, -0.2) is 0 Å². The highest BCUT2D eigenvalue weighted by atomic mass is 35.5. The zero-order valence-corrected chi connectivity index (χ0v) is 10.6. The van der Waals surface area contributed by atoms with E-state index in [2.05, 4.69) is 24.0 Å². The van der Waals surface area contributed by atoms with Gasteiger partial charge in [-0.3, -0.25) is 0 Å². The van der Waals surface area contributed by atoms with Crippen molar-refractivity contribution in [2.75, 3.05) is 5.73 Å². The molecule has 0 bridgehead atoms. The molecule has 0 aliphatic rings. The lowest BCUT2D eigenvalue weighted by Crippen LogP contribution is -2.05. The van der Waals surface area contributed by atoms with Gasteiger partial charge in [0, 0.05) is 17.8 Å². The third-order valence-corrected chi connectivity index (χ3v) is 2.72. The van der Waals surface area contributed by atoms with Gasteiger partial charge in [-0.1, -0.05) is 25.4 Å². The van der Waals surface area contributed by atoms with Crippen LogP contribution in [-0.2, 0) is 6.54 Å². The van der Waals surface area contributed by atoms with Gasteiger partial charge in [0.15, 0.2) is 5.82 Å². The number of hydrogen-bond donors (Lipinski definition) is 1. The van der Waals surface area contributed by atoms with Crippen molar-refractivity contribution in [1.82, 2.24) is 14.8 Å². The molecule has 90 valence electrons. The molecule has 2 N–H and O–H groups in total. The second-order valence-corrected chi connectivity index (χ2v) is 4.85. The molecule has 0 fully saturated rings. The van der Waals surface area contributed by atoms with E-state index in [-0.39, 0.29) is 0 Å². The van der Waals surface area contributed by atoms with Crippen molar-refractivity contribution >= 4 is 17.3 Å². The molecule has 1 aromatic heterocycles. The van der Waals surface area contributed by atoms with Gasteiger partial charge >= 0.3 is 0 Å². The molecule has 2 aromatic rings. The van der Waals surface area contributed by atoms with E-state index in [1.54, 1.807) is 12.4 Å². The Kier molecular flexibility index (Phi) is 3.33. The first-order valence-electron chi connectivity index (χ1n) is 5.51. The summed E-state index contributed by atoms with van der Waals surface area (Å²) in [6, 6.07) is 5.42. The third-order valence-electron chi connectivity index (χ3n) is 2.41. The molecule has 1 aromatic carbocycles. The fraction of sp³-hybridized carbons (Fsp3) is 0.333. The number of rotatable bonds is 3. The second-order valence-electron chi connectivity index (χ2n) is 4.44. The number of aromatic nitrogens is 3. The Bertz CT molecular complexity index is 519. The zero-order chi connectivity index (χ0) is 12.4. The molecule has 1 heterocycles. The van der Waals surface area contributed by atoms with Crippen LogP contribution in [0.25, 0.3) is 11.4 Å². The second kappa shape index (κ2) is 4.75. The fourth-order valence-corrected chi connectivity index (χ4v) is 1.98. The van der Waals surface area contributed by atoms with E-state index in [1.807, 2.05) is 16.7 Å². The van der Waals surface area contributed by atoms with Crippen LogP contribution in [0.5, 0.6) is 0 Å². The van der Waals surface area contributed by atoms with Crippen LogP contribution >= 0.6 is 11.6 Å². The summed E-state index contributed by atoms with van der Waals surface area (Å²) in [5.41, 5.74) is 7.18. The maximum absolute atomic E-state index is 6.17. The van der Waals surface area contributed by atoms with Crippen LogP contribution < -0.4 is 5.73 Å². The fourth-order valence-electron chi connectivity index (χ4n) is 1.70. The predicted octanol–water partition coefficient (Wildman–Crippen LogP) is 2.84. The molecule has 0 aliphatic carbocycles. The van der Waals surface area contributed by atoms with Gasteiger partial charge in [0.25, 0.3) is 0 Å².